The molecule has 0 fully saturated rings. The average molecular weight is 185 g/mol. The predicted octanol–water partition coefficient (Wildman–Crippen LogP) is 0.291. The summed E-state index contributed by atoms with van der Waals surface area (Å²) in [4.78, 5) is 0. The van der Waals surface area contributed by atoms with Gasteiger partial charge in [0, 0.05) is 27.7 Å². The molecule has 0 saturated carbocycles. The van der Waals surface area contributed by atoms with E-state index in [4.69, 9.17) is 10.2 Å². The molecule has 0 aliphatic carbocycles. The van der Waals surface area contributed by atoms with E-state index >= 15 is 0 Å². The molecule has 0 unspecified atom stereocenters. The van der Waals surface area contributed by atoms with Crippen LogP contribution in [0, 0.1) is 6.61 Å². The van der Waals surface area contributed by atoms with E-state index in [1.54, 1.807) is 0 Å². The molecule has 0 aromatic rings. The van der Waals surface area contributed by atoms with Crippen LogP contribution in [0.3, 0.4) is 0 Å². The van der Waals surface area contributed by atoms with Crippen LogP contribution in [0.2, 0.25) is 0 Å². The smallest absolute Gasteiger partial charge is 0.0407 e. The molecule has 0 heterocycles. The summed E-state index contributed by atoms with van der Waals surface area (Å²) in [5, 5.41) is 16.0. The van der Waals surface area contributed by atoms with E-state index in [1.807, 2.05) is 0 Å². The van der Waals surface area contributed by atoms with Gasteiger partial charge in [0.25, 0.3) is 0 Å². The maximum absolute atomic E-state index is 8.07. The van der Waals surface area contributed by atoms with Crippen molar-refractivity contribution in [1.29, 1.82) is 0 Å². The Morgan fingerprint density at radius 2 is 2.00 bits per heavy atom. The normalized spacial score (nSPS) is 7.71. The van der Waals surface area contributed by atoms with E-state index in [0.717, 1.165) is 6.61 Å². The summed E-state index contributed by atoms with van der Waals surface area (Å²) in [5.74, 6) is 0. The van der Waals surface area contributed by atoms with Crippen molar-refractivity contribution in [3.05, 3.63) is 6.61 Å². The molecule has 2 N–H and O–H groups in total. The van der Waals surface area contributed by atoms with Crippen LogP contribution >= 0.6 is 0 Å². The molecule has 7 heavy (non-hydrogen) atoms. The molecule has 0 aliphatic heterocycles. The van der Waals surface area contributed by atoms with Crippen molar-refractivity contribution in [3.8, 4) is 0 Å². The fourth-order valence-electron chi connectivity index (χ4n) is 0.183. The van der Waals surface area contributed by atoms with Crippen molar-refractivity contribution in [3.63, 3.8) is 0 Å². The number of unbranched alkanes of at least 4 members (excludes halogenated alkanes) is 1. The molecule has 2 nitrogen and oxygen atoms in total. The minimum Gasteiger partial charge on any atom is -0.566 e. The van der Waals surface area contributed by atoms with Crippen LogP contribution in [0.15, 0.2) is 0 Å². The van der Waals surface area contributed by atoms with Crippen molar-refractivity contribution < 1.29 is 31.3 Å². The van der Waals surface area contributed by atoms with Gasteiger partial charge in [0.2, 0.25) is 0 Å². The summed E-state index contributed by atoms with van der Waals surface area (Å²) in [5.41, 5.74) is 0. The number of aliphatic hydroxyl groups excluding tert-OH is 2. The van der Waals surface area contributed by atoms with E-state index in [0.29, 0.717) is 12.8 Å². The van der Waals surface area contributed by atoms with Gasteiger partial charge in [-0.15, -0.1) is 0 Å². The zero-order valence-electron chi connectivity index (χ0n) is 4.00. The van der Waals surface area contributed by atoms with E-state index < -0.39 is 0 Å². The summed E-state index contributed by atoms with van der Waals surface area (Å²) < 4.78 is 0. The van der Waals surface area contributed by atoms with E-state index in [1.165, 1.54) is 0 Å². The van der Waals surface area contributed by atoms with Gasteiger partial charge in [-0.3, -0.25) is 0 Å². The number of hydrogen-bond donors (Lipinski definition) is 2. The first-order chi connectivity index (χ1) is 2.91. The summed E-state index contributed by atoms with van der Waals surface area (Å²) in [7, 11) is 0. The molecule has 0 aliphatic rings. The third kappa shape index (κ3) is 10.8. The van der Waals surface area contributed by atoms with Crippen LogP contribution in [0.5, 0.6) is 0 Å². The zero-order chi connectivity index (χ0) is 4.83. The molecule has 0 amide bonds. The summed E-state index contributed by atoms with van der Waals surface area (Å²) in [6.45, 7) is 1.22. The van der Waals surface area contributed by atoms with Crippen LogP contribution in [0.25, 0.3) is 0 Å². The quantitative estimate of drug-likeness (QED) is 0.377. The van der Waals surface area contributed by atoms with Crippen LogP contribution in [0.4, 0.5) is 0 Å². The second kappa shape index (κ2) is 9.79. The Morgan fingerprint density at radius 3 is 2.14 bits per heavy atom. The van der Waals surface area contributed by atoms with Crippen LogP contribution in [-0.4, -0.2) is 16.8 Å². The molecule has 0 saturated heterocycles. The summed E-state index contributed by atoms with van der Waals surface area (Å²) >= 11 is 0. The van der Waals surface area contributed by atoms with Gasteiger partial charge in [-0.1, -0.05) is 6.42 Å². The van der Waals surface area contributed by atoms with Crippen LogP contribution < -0.4 is 0 Å². The second-order valence-electron chi connectivity index (χ2n) is 1.05. The molecule has 0 radical (unpaired) electrons. The maximum Gasteiger partial charge on any atom is 0.0407 e. The fourth-order valence-corrected chi connectivity index (χ4v) is 0.183. The second-order valence-corrected chi connectivity index (χ2v) is 1.05. The predicted molar refractivity (Wildman–Crippen MR) is 22.6 cm³/mol. The number of aliphatic hydroxyl groups is 2. The first-order valence-corrected chi connectivity index (χ1v) is 1.98. The summed E-state index contributed by atoms with van der Waals surface area (Å²) in [6, 6.07) is 0. The zero-order valence-corrected chi connectivity index (χ0v) is 6.01. The molecule has 0 atom stereocenters. The van der Waals surface area contributed by atoms with E-state index in [-0.39, 0.29) is 27.7 Å². The van der Waals surface area contributed by atoms with Gasteiger partial charge in [0.1, 0.15) is 0 Å². The maximum atomic E-state index is 8.07. The topological polar surface area (TPSA) is 40.5 Å². The van der Waals surface area contributed by atoms with Gasteiger partial charge >= 0.3 is 0 Å². The molecule has 0 bridgehead atoms. The van der Waals surface area contributed by atoms with Crippen molar-refractivity contribution in [2.24, 2.45) is 0 Å². The third-order valence-electron chi connectivity index (χ3n) is 0.491. The SMILES string of the molecule is O[CH-]CCCO.[Mo]. The molecule has 0 rings (SSSR count). The largest absolute Gasteiger partial charge is 0.566 e. The Kier molecular flexibility index (Phi) is 14.8. The Labute approximate surface area is 57.8 Å². The Balaban J connectivity index is 0. The molecular weight excluding hydrogens is 176 g/mol. The Morgan fingerprint density at radius 1 is 1.43 bits per heavy atom. The fraction of sp³-hybridized carbons (Fsp3) is 0.750. The van der Waals surface area contributed by atoms with Gasteiger partial charge in [-0.05, 0) is 0 Å². The van der Waals surface area contributed by atoms with Crippen molar-refractivity contribution in [2.75, 3.05) is 6.61 Å². The number of rotatable bonds is 3. The molecular formula is C4H9MoO2-. The Hall–Kier alpha value is 0.608. The van der Waals surface area contributed by atoms with Crippen molar-refractivity contribution in [1.82, 2.24) is 0 Å². The monoisotopic (exact) mass is 187 g/mol. The van der Waals surface area contributed by atoms with Gasteiger partial charge < -0.3 is 10.2 Å². The van der Waals surface area contributed by atoms with E-state index in [2.05, 4.69) is 0 Å². The van der Waals surface area contributed by atoms with Gasteiger partial charge in [-0.25, -0.2) is 6.61 Å². The summed E-state index contributed by atoms with van der Waals surface area (Å²) in [6.07, 6.45) is 1.26. The Bertz CT molecular complexity index is 21.7. The number of hydrogen-bond acceptors (Lipinski definition) is 2. The van der Waals surface area contributed by atoms with Crippen molar-refractivity contribution in [2.45, 2.75) is 12.8 Å². The molecule has 3 heteroatoms. The van der Waals surface area contributed by atoms with Crippen molar-refractivity contribution >= 4 is 0 Å². The average Bonchev–Trinajstić information content (AvgIpc) is 1.61. The van der Waals surface area contributed by atoms with Crippen LogP contribution in [-0.2, 0) is 21.1 Å². The van der Waals surface area contributed by atoms with Gasteiger partial charge in [0.15, 0.2) is 0 Å². The molecule has 0 aromatic carbocycles. The first kappa shape index (κ1) is 10.6. The molecule has 0 spiro atoms. The minimum absolute atomic E-state index is 0. The minimum atomic E-state index is 0. The van der Waals surface area contributed by atoms with Crippen LogP contribution in [0.1, 0.15) is 12.8 Å². The van der Waals surface area contributed by atoms with Gasteiger partial charge in [-0.2, -0.15) is 6.42 Å². The van der Waals surface area contributed by atoms with Gasteiger partial charge in [0.05, 0.1) is 0 Å². The standard InChI is InChI=1S/C4H9O2.Mo/c5-3-1-2-4-6;/h3,5-6H,1-2,4H2;/q-1;. The molecule has 0 aromatic heterocycles. The van der Waals surface area contributed by atoms with E-state index in [9.17, 15) is 0 Å². The first-order valence-electron chi connectivity index (χ1n) is 1.98. The third-order valence-corrected chi connectivity index (χ3v) is 0.491. The molecule has 44 valence electrons.